The van der Waals surface area contributed by atoms with Crippen LogP contribution < -0.4 is 16.4 Å². The standard InChI is InChI=1S/C17H31N3O3/c1-10(2)19-16(21)12-4-5-15(23-9-12)6-11(3)20-17(22)13-7-14(18)8-13/h10-15H,4-9,18H2,1-3H3,(H,19,21)(H,20,22). The zero-order valence-corrected chi connectivity index (χ0v) is 14.5. The molecule has 1 aliphatic carbocycles. The summed E-state index contributed by atoms with van der Waals surface area (Å²) in [6.45, 7) is 6.41. The van der Waals surface area contributed by atoms with Gasteiger partial charge in [-0.25, -0.2) is 0 Å². The molecule has 1 saturated carbocycles. The van der Waals surface area contributed by atoms with Crippen LogP contribution in [0.15, 0.2) is 0 Å². The van der Waals surface area contributed by atoms with Crippen molar-refractivity contribution in [3.05, 3.63) is 0 Å². The first-order valence-electron chi connectivity index (χ1n) is 8.83. The van der Waals surface area contributed by atoms with E-state index in [1.165, 1.54) is 0 Å². The van der Waals surface area contributed by atoms with Crippen LogP contribution in [0.3, 0.4) is 0 Å². The average Bonchev–Trinajstić information content (AvgIpc) is 2.43. The fourth-order valence-electron chi connectivity index (χ4n) is 3.29. The highest BCUT2D eigenvalue weighted by molar-refractivity contribution is 5.80. The molecule has 3 unspecified atom stereocenters. The Kier molecular flexibility index (Phi) is 6.41. The second kappa shape index (κ2) is 8.11. The van der Waals surface area contributed by atoms with Crippen molar-refractivity contribution in [2.24, 2.45) is 17.6 Å². The van der Waals surface area contributed by atoms with Crippen LogP contribution in [0, 0.1) is 11.8 Å². The molecule has 0 aromatic heterocycles. The number of carbonyl (C=O) groups is 2. The summed E-state index contributed by atoms with van der Waals surface area (Å²) in [5, 5.41) is 5.99. The molecule has 6 nitrogen and oxygen atoms in total. The molecule has 6 heteroatoms. The number of nitrogens with two attached hydrogens (primary N) is 1. The number of amides is 2. The molecule has 0 radical (unpaired) electrons. The number of hydrogen-bond donors (Lipinski definition) is 3. The first kappa shape index (κ1) is 18.2. The Hall–Kier alpha value is -1.14. The van der Waals surface area contributed by atoms with E-state index in [1.807, 2.05) is 20.8 Å². The maximum absolute atomic E-state index is 12.0. The lowest BCUT2D eigenvalue weighted by molar-refractivity contribution is -0.132. The fraction of sp³-hybridized carbons (Fsp3) is 0.882. The highest BCUT2D eigenvalue weighted by atomic mass is 16.5. The predicted octanol–water partition coefficient (Wildman–Crippen LogP) is 0.938. The molecular formula is C17H31N3O3. The van der Waals surface area contributed by atoms with Gasteiger partial charge < -0.3 is 21.1 Å². The van der Waals surface area contributed by atoms with Crippen LogP contribution in [0.2, 0.25) is 0 Å². The molecule has 0 bridgehead atoms. The molecular weight excluding hydrogens is 294 g/mol. The van der Waals surface area contributed by atoms with Gasteiger partial charge in [0.2, 0.25) is 11.8 Å². The van der Waals surface area contributed by atoms with E-state index in [1.54, 1.807) is 0 Å². The predicted molar refractivity (Wildman–Crippen MR) is 88.7 cm³/mol. The summed E-state index contributed by atoms with van der Waals surface area (Å²) in [4.78, 5) is 24.0. The SMILES string of the molecule is CC(C)NC(=O)C1CCC(CC(C)NC(=O)C2CC(N)C2)OC1. The maximum atomic E-state index is 12.0. The normalized spacial score (nSPS) is 32.0. The summed E-state index contributed by atoms with van der Waals surface area (Å²) in [5.41, 5.74) is 5.72. The van der Waals surface area contributed by atoms with Gasteiger partial charge in [0.1, 0.15) is 0 Å². The van der Waals surface area contributed by atoms with Crippen LogP contribution in [0.5, 0.6) is 0 Å². The molecule has 1 heterocycles. The van der Waals surface area contributed by atoms with Crippen LogP contribution in [0.1, 0.15) is 52.9 Å². The topological polar surface area (TPSA) is 93.5 Å². The third-order valence-electron chi connectivity index (χ3n) is 4.72. The van der Waals surface area contributed by atoms with E-state index in [0.29, 0.717) is 6.61 Å². The molecule has 4 N–H and O–H groups in total. The third kappa shape index (κ3) is 5.46. The average molecular weight is 325 g/mol. The van der Waals surface area contributed by atoms with Gasteiger partial charge in [-0.2, -0.15) is 0 Å². The van der Waals surface area contributed by atoms with Gasteiger partial charge in [0.05, 0.1) is 18.6 Å². The van der Waals surface area contributed by atoms with E-state index in [4.69, 9.17) is 10.5 Å². The highest BCUT2D eigenvalue weighted by Gasteiger charge is 2.33. The Bertz CT molecular complexity index is 413. The van der Waals surface area contributed by atoms with Crippen LogP contribution in [-0.2, 0) is 14.3 Å². The maximum Gasteiger partial charge on any atom is 0.225 e. The minimum Gasteiger partial charge on any atom is -0.377 e. The molecule has 0 spiro atoms. The van der Waals surface area contributed by atoms with E-state index in [0.717, 1.165) is 32.1 Å². The monoisotopic (exact) mass is 325 g/mol. The van der Waals surface area contributed by atoms with Gasteiger partial charge in [-0.05, 0) is 52.9 Å². The Morgan fingerprint density at radius 1 is 1.09 bits per heavy atom. The van der Waals surface area contributed by atoms with Gasteiger partial charge in [0.25, 0.3) is 0 Å². The van der Waals surface area contributed by atoms with Gasteiger partial charge in [0.15, 0.2) is 0 Å². The smallest absolute Gasteiger partial charge is 0.225 e. The van der Waals surface area contributed by atoms with Crippen molar-refractivity contribution in [3.8, 4) is 0 Å². The molecule has 1 saturated heterocycles. The van der Waals surface area contributed by atoms with Crippen molar-refractivity contribution in [1.82, 2.24) is 10.6 Å². The van der Waals surface area contributed by atoms with E-state index < -0.39 is 0 Å². The second-order valence-electron chi connectivity index (χ2n) is 7.47. The summed E-state index contributed by atoms with van der Waals surface area (Å²) in [6, 6.07) is 0.442. The number of hydrogen-bond acceptors (Lipinski definition) is 4. The van der Waals surface area contributed by atoms with Crippen LogP contribution in [0.4, 0.5) is 0 Å². The van der Waals surface area contributed by atoms with Crippen molar-refractivity contribution in [2.75, 3.05) is 6.61 Å². The summed E-state index contributed by atoms with van der Waals surface area (Å²) in [6.07, 6.45) is 4.22. The largest absolute Gasteiger partial charge is 0.377 e. The molecule has 1 aliphatic heterocycles. The van der Waals surface area contributed by atoms with Crippen molar-refractivity contribution in [2.45, 2.75) is 77.1 Å². The lowest BCUT2D eigenvalue weighted by atomic mass is 9.80. The first-order chi connectivity index (χ1) is 10.8. The lowest BCUT2D eigenvalue weighted by Crippen LogP contribution is -2.48. The molecule has 0 aromatic rings. The Morgan fingerprint density at radius 3 is 2.26 bits per heavy atom. The van der Waals surface area contributed by atoms with Gasteiger partial charge in [-0.3, -0.25) is 9.59 Å². The summed E-state index contributed by atoms with van der Waals surface area (Å²) in [7, 11) is 0. The number of nitrogens with one attached hydrogen (secondary N) is 2. The summed E-state index contributed by atoms with van der Waals surface area (Å²) in [5.74, 6) is 0.240. The Labute approximate surface area is 138 Å². The highest BCUT2D eigenvalue weighted by Crippen LogP contribution is 2.26. The number of carbonyl (C=O) groups excluding carboxylic acids is 2. The summed E-state index contributed by atoms with van der Waals surface area (Å²) < 4.78 is 5.83. The quantitative estimate of drug-likeness (QED) is 0.677. The minimum atomic E-state index is -0.0463. The van der Waals surface area contributed by atoms with E-state index in [-0.39, 0.29) is 47.9 Å². The molecule has 0 aromatic carbocycles. The molecule has 132 valence electrons. The molecule has 2 amide bonds. The molecule has 2 aliphatic rings. The molecule has 23 heavy (non-hydrogen) atoms. The van der Waals surface area contributed by atoms with Crippen LogP contribution >= 0.6 is 0 Å². The van der Waals surface area contributed by atoms with Crippen molar-refractivity contribution < 1.29 is 14.3 Å². The van der Waals surface area contributed by atoms with Crippen molar-refractivity contribution >= 4 is 11.8 Å². The van der Waals surface area contributed by atoms with Crippen molar-refractivity contribution in [1.29, 1.82) is 0 Å². The van der Waals surface area contributed by atoms with Gasteiger partial charge in [-0.15, -0.1) is 0 Å². The second-order valence-corrected chi connectivity index (χ2v) is 7.47. The molecule has 2 fully saturated rings. The third-order valence-corrected chi connectivity index (χ3v) is 4.72. The summed E-state index contributed by atoms with van der Waals surface area (Å²) >= 11 is 0. The minimum absolute atomic E-state index is 0.0463. The van der Waals surface area contributed by atoms with Gasteiger partial charge >= 0.3 is 0 Å². The van der Waals surface area contributed by atoms with E-state index in [2.05, 4.69) is 10.6 Å². The number of ether oxygens (including phenoxy) is 1. The zero-order chi connectivity index (χ0) is 17.0. The molecule has 2 rings (SSSR count). The van der Waals surface area contributed by atoms with Crippen LogP contribution in [0.25, 0.3) is 0 Å². The fourth-order valence-corrected chi connectivity index (χ4v) is 3.29. The van der Waals surface area contributed by atoms with Gasteiger partial charge in [0, 0.05) is 24.0 Å². The Balaban J connectivity index is 1.65. The molecule has 3 atom stereocenters. The zero-order valence-electron chi connectivity index (χ0n) is 14.5. The number of rotatable bonds is 6. The van der Waals surface area contributed by atoms with Crippen molar-refractivity contribution in [3.63, 3.8) is 0 Å². The Morgan fingerprint density at radius 2 is 1.74 bits per heavy atom. The lowest BCUT2D eigenvalue weighted by Gasteiger charge is -2.33. The van der Waals surface area contributed by atoms with Gasteiger partial charge in [-0.1, -0.05) is 0 Å². The van der Waals surface area contributed by atoms with E-state index in [9.17, 15) is 9.59 Å². The van der Waals surface area contributed by atoms with E-state index >= 15 is 0 Å². The first-order valence-corrected chi connectivity index (χ1v) is 8.83. The van der Waals surface area contributed by atoms with Crippen LogP contribution in [-0.4, -0.2) is 42.7 Å².